The second kappa shape index (κ2) is 5.55. The highest BCUT2D eigenvalue weighted by atomic mass is 16.6. The van der Waals surface area contributed by atoms with Gasteiger partial charge in [-0.25, -0.2) is 0 Å². The first-order valence-corrected chi connectivity index (χ1v) is 4.94. The lowest BCUT2D eigenvalue weighted by atomic mass is 10.1. The van der Waals surface area contributed by atoms with E-state index in [2.05, 4.69) is 13.8 Å². The second-order valence-corrected chi connectivity index (χ2v) is 3.48. The Bertz CT molecular complexity index is 108. The van der Waals surface area contributed by atoms with E-state index >= 15 is 0 Å². The summed E-state index contributed by atoms with van der Waals surface area (Å²) in [7, 11) is 0. The van der Waals surface area contributed by atoms with Crippen LogP contribution in [-0.4, -0.2) is 17.5 Å². The van der Waals surface area contributed by atoms with Gasteiger partial charge in [-0.3, -0.25) is 0 Å². The third-order valence-electron chi connectivity index (χ3n) is 2.44. The van der Waals surface area contributed by atoms with E-state index in [9.17, 15) is 5.11 Å². The van der Waals surface area contributed by atoms with E-state index < -0.39 is 5.79 Å². The van der Waals surface area contributed by atoms with Gasteiger partial charge in [-0.2, -0.15) is 0 Å². The average Bonchev–Trinajstić information content (AvgIpc) is 2.13. The summed E-state index contributed by atoms with van der Waals surface area (Å²) in [6.45, 7) is 8.81. The van der Waals surface area contributed by atoms with Gasteiger partial charge in [0.15, 0.2) is 5.79 Å². The first kappa shape index (κ1) is 11.9. The van der Waals surface area contributed by atoms with Crippen LogP contribution in [0.2, 0.25) is 0 Å². The summed E-state index contributed by atoms with van der Waals surface area (Å²) in [6.07, 6.45) is 2.43. The molecule has 2 nitrogen and oxygen atoms in total. The Morgan fingerprint density at radius 1 is 1.25 bits per heavy atom. The SMILES string of the molecule is CCC(C)COC(O)(CC)CC. The lowest BCUT2D eigenvalue weighted by Gasteiger charge is -2.26. The molecule has 1 unspecified atom stereocenters. The summed E-state index contributed by atoms with van der Waals surface area (Å²) in [6, 6.07) is 0. The molecule has 1 atom stereocenters. The van der Waals surface area contributed by atoms with Gasteiger partial charge >= 0.3 is 0 Å². The number of rotatable bonds is 6. The number of hydrogen-bond acceptors (Lipinski definition) is 2. The molecule has 0 saturated carbocycles. The Morgan fingerprint density at radius 2 is 1.75 bits per heavy atom. The second-order valence-electron chi connectivity index (χ2n) is 3.48. The molecule has 0 saturated heterocycles. The Labute approximate surface area is 75.9 Å². The molecule has 0 aliphatic carbocycles. The smallest absolute Gasteiger partial charge is 0.164 e. The molecule has 0 aromatic rings. The molecule has 0 aromatic carbocycles. The van der Waals surface area contributed by atoms with Crippen LogP contribution >= 0.6 is 0 Å². The van der Waals surface area contributed by atoms with Crippen molar-refractivity contribution in [1.82, 2.24) is 0 Å². The normalized spacial score (nSPS) is 14.8. The zero-order valence-corrected chi connectivity index (χ0v) is 8.76. The van der Waals surface area contributed by atoms with Gasteiger partial charge in [-0.1, -0.05) is 34.1 Å². The zero-order valence-electron chi connectivity index (χ0n) is 8.76. The van der Waals surface area contributed by atoms with Gasteiger partial charge in [-0.15, -0.1) is 0 Å². The van der Waals surface area contributed by atoms with Crippen molar-refractivity contribution in [3.05, 3.63) is 0 Å². The van der Waals surface area contributed by atoms with Crippen molar-refractivity contribution in [3.63, 3.8) is 0 Å². The number of hydrogen-bond donors (Lipinski definition) is 1. The molecule has 0 aliphatic heterocycles. The molecular weight excluding hydrogens is 152 g/mol. The minimum atomic E-state index is -0.885. The number of ether oxygens (including phenoxy) is 1. The summed E-state index contributed by atoms with van der Waals surface area (Å²) < 4.78 is 5.44. The number of aliphatic hydroxyl groups is 1. The van der Waals surface area contributed by atoms with Gasteiger partial charge < -0.3 is 9.84 Å². The van der Waals surface area contributed by atoms with Crippen molar-refractivity contribution in [3.8, 4) is 0 Å². The van der Waals surface area contributed by atoms with E-state index in [0.717, 1.165) is 6.42 Å². The van der Waals surface area contributed by atoms with Crippen molar-refractivity contribution < 1.29 is 9.84 Å². The molecule has 0 aromatic heterocycles. The van der Waals surface area contributed by atoms with E-state index in [0.29, 0.717) is 25.4 Å². The van der Waals surface area contributed by atoms with Crippen molar-refractivity contribution in [1.29, 1.82) is 0 Å². The summed E-state index contributed by atoms with van der Waals surface area (Å²) in [4.78, 5) is 0. The van der Waals surface area contributed by atoms with E-state index in [1.165, 1.54) is 0 Å². The molecule has 74 valence electrons. The van der Waals surface area contributed by atoms with Gasteiger partial charge in [0.25, 0.3) is 0 Å². The summed E-state index contributed by atoms with van der Waals surface area (Å²) >= 11 is 0. The van der Waals surface area contributed by atoms with Crippen LogP contribution < -0.4 is 0 Å². The largest absolute Gasteiger partial charge is 0.365 e. The first-order valence-electron chi connectivity index (χ1n) is 4.94. The third-order valence-corrected chi connectivity index (χ3v) is 2.44. The van der Waals surface area contributed by atoms with Gasteiger partial charge in [-0.05, 0) is 18.8 Å². The molecule has 0 radical (unpaired) electrons. The standard InChI is InChI=1S/C10H22O2/c1-5-9(4)8-12-10(11,6-2)7-3/h9,11H,5-8H2,1-4H3. The van der Waals surface area contributed by atoms with Crippen molar-refractivity contribution >= 4 is 0 Å². The molecule has 0 heterocycles. The van der Waals surface area contributed by atoms with Gasteiger partial charge in [0.05, 0.1) is 6.61 Å². The molecule has 0 aliphatic rings. The maximum absolute atomic E-state index is 9.75. The molecular formula is C10H22O2. The Kier molecular flexibility index (Phi) is 5.51. The van der Waals surface area contributed by atoms with Crippen molar-refractivity contribution in [2.75, 3.05) is 6.61 Å². The maximum atomic E-state index is 9.75. The summed E-state index contributed by atoms with van der Waals surface area (Å²) in [5.74, 6) is -0.349. The highest BCUT2D eigenvalue weighted by molar-refractivity contribution is 4.62. The molecule has 2 heteroatoms. The highest BCUT2D eigenvalue weighted by Crippen LogP contribution is 2.17. The van der Waals surface area contributed by atoms with Crippen LogP contribution in [0.25, 0.3) is 0 Å². The lowest BCUT2D eigenvalue weighted by molar-refractivity contribution is -0.212. The van der Waals surface area contributed by atoms with Crippen molar-refractivity contribution in [2.45, 2.75) is 52.7 Å². The molecule has 1 N–H and O–H groups in total. The Morgan fingerprint density at radius 3 is 2.08 bits per heavy atom. The van der Waals surface area contributed by atoms with Gasteiger partial charge in [0.2, 0.25) is 0 Å². The van der Waals surface area contributed by atoms with E-state index in [4.69, 9.17) is 4.74 Å². The van der Waals surface area contributed by atoms with Crippen LogP contribution in [0.1, 0.15) is 47.0 Å². The van der Waals surface area contributed by atoms with Crippen LogP contribution in [0.5, 0.6) is 0 Å². The monoisotopic (exact) mass is 174 g/mol. The molecule has 0 amide bonds. The highest BCUT2D eigenvalue weighted by Gasteiger charge is 2.22. The quantitative estimate of drug-likeness (QED) is 0.627. The molecule has 12 heavy (non-hydrogen) atoms. The summed E-state index contributed by atoms with van der Waals surface area (Å²) in [5, 5.41) is 9.75. The predicted molar refractivity (Wildman–Crippen MR) is 50.9 cm³/mol. The van der Waals surface area contributed by atoms with Crippen LogP contribution in [0.4, 0.5) is 0 Å². The van der Waals surface area contributed by atoms with E-state index in [1.54, 1.807) is 0 Å². The Hall–Kier alpha value is -0.0800. The fourth-order valence-electron chi connectivity index (χ4n) is 0.869. The fraction of sp³-hybridized carbons (Fsp3) is 1.00. The minimum absolute atomic E-state index is 0.537. The van der Waals surface area contributed by atoms with Crippen molar-refractivity contribution in [2.24, 2.45) is 5.92 Å². The van der Waals surface area contributed by atoms with E-state index in [-0.39, 0.29) is 0 Å². The van der Waals surface area contributed by atoms with E-state index in [1.807, 2.05) is 13.8 Å². The topological polar surface area (TPSA) is 29.5 Å². The molecule has 0 rings (SSSR count). The maximum Gasteiger partial charge on any atom is 0.164 e. The van der Waals surface area contributed by atoms with Gasteiger partial charge in [0, 0.05) is 0 Å². The first-order chi connectivity index (χ1) is 5.58. The molecule has 0 spiro atoms. The Balaban J connectivity index is 3.72. The third kappa shape index (κ3) is 4.07. The van der Waals surface area contributed by atoms with Gasteiger partial charge in [0.1, 0.15) is 0 Å². The van der Waals surface area contributed by atoms with Crippen LogP contribution in [-0.2, 0) is 4.74 Å². The van der Waals surface area contributed by atoms with Crippen LogP contribution in [0, 0.1) is 5.92 Å². The minimum Gasteiger partial charge on any atom is -0.365 e. The van der Waals surface area contributed by atoms with Crippen LogP contribution in [0.3, 0.4) is 0 Å². The summed E-state index contributed by atoms with van der Waals surface area (Å²) in [5.41, 5.74) is 0. The average molecular weight is 174 g/mol. The predicted octanol–water partition coefficient (Wildman–Crippen LogP) is 2.56. The fourth-order valence-corrected chi connectivity index (χ4v) is 0.869. The van der Waals surface area contributed by atoms with Crippen LogP contribution in [0.15, 0.2) is 0 Å². The zero-order chi connectivity index (χ0) is 9.61. The molecule has 0 fully saturated rings. The molecule has 0 bridgehead atoms. The lowest BCUT2D eigenvalue weighted by Crippen LogP contribution is -2.32.